The molecule has 24 heavy (non-hydrogen) atoms. The number of methoxy groups -OCH3 is 2. The number of phenols is 1. The molecule has 3 aromatic rings. The second-order valence-electron chi connectivity index (χ2n) is 5.47. The molecule has 120 valence electrons. The van der Waals surface area contributed by atoms with Crippen molar-refractivity contribution in [3.8, 4) is 29.6 Å². The summed E-state index contributed by atoms with van der Waals surface area (Å²) >= 11 is 0. The van der Waals surface area contributed by atoms with Crippen molar-refractivity contribution in [2.45, 2.75) is 5.92 Å². The van der Waals surface area contributed by atoms with E-state index in [0.717, 1.165) is 21.9 Å². The second-order valence-corrected chi connectivity index (χ2v) is 5.47. The van der Waals surface area contributed by atoms with Gasteiger partial charge in [0.2, 0.25) is 0 Å². The van der Waals surface area contributed by atoms with Crippen LogP contribution in [-0.2, 0) is 0 Å². The van der Waals surface area contributed by atoms with Crippen molar-refractivity contribution in [3.05, 3.63) is 65.7 Å². The van der Waals surface area contributed by atoms with E-state index in [1.807, 2.05) is 24.3 Å². The van der Waals surface area contributed by atoms with Crippen LogP contribution < -0.4 is 9.47 Å². The van der Waals surface area contributed by atoms with Gasteiger partial charge in [-0.2, -0.15) is 0 Å². The topological polar surface area (TPSA) is 38.7 Å². The minimum Gasteiger partial charge on any atom is -0.508 e. The molecule has 0 amide bonds. The van der Waals surface area contributed by atoms with Crippen LogP contribution in [0.5, 0.6) is 17.2 Å². The molecule has 0 aliphatic rings. The van der Waals surface area contributed by atoms with Gasteiger partial charge in [0.25, 0.3) is 0 Å². The van der Waals surface area contributed by atoms with Gasteiger partial charge in [-0.3, -0.25) is 0 Å². The minimum absolute atomic E-state index is 0.0710. The lowest BCUT2D eigenvalue weighted by Crippen LogP contribution is -2.04. The summed E-state index contributed by atoms with van der Waals surface area (Å²) in [6, 6.07) is 17.3. The monoisotopic (exact) mass is 318 g/mol. The number of phenolic OH excluding ortho intramolecular Hbond substituents is 1. The molecule has 1 N–H and O–H groups in total. The molecule has 1 unspecified atom stereocenters. The highest BCUT2D eigenvalue weighted by Crippen LogP contribution is 2.41. The number of benzene rings is 3. The molecule has 0 aliphatic carbocycles. The number of ether oxygens (including phenoxy) is 2. The molecule has 0 radical (unpaired) electrons. The maximum atomic E-state index is 9.84. The predicted molar refractivity (Wildman–Crippen MR) is 95.8 cm³/mol. The van der Waals surface area contributed by atoms with Crippen molar-refractivity contribution in [2.75, 3.05) is 14.2 Å². The van der Waals surface area contributed by atoms with Crippen molar-refractivity contribution < 1.29 is 14.6 Å². The van der Waals surface area contributed by atoms with Crippen LogP contribution in [0.1, 0.15) is 17.0 Å². The molecule has 0 saturated carbocycles. The Morgan fingerprint density at radius 1 is 0.917 bits per heavy atom. The van der Waals surface area contributed by atoms with Crippen LogP contribution in [0.15, 0.2) is 54.6 Å². The molecule has 0 saturated heterocycles. The van der Waals surface area contributed by atoms with Crippen molar-refractivity contribution >= 4 is 10.8 Å². The Bertz CT molecular complexity index is 897. The number of hydrogen-bond donors (Lipinski definition) is 1. The molecular formula is C21H18O3. The molecule has 0 aromatic heterocycles. The fraction of sp³-hybridized carbons (Fsp3) is 0.143. The highest BCUT2D eigenvalue weighted by Gasteiger charge is 2.22. The third-order valence-electron chi connectivity index (χ3n) is 4.09. The molecule has 0 spiro atoms. The molecule has 0 aliphatic heterocycles. The summed E-state index contributed by atoms with van der Waals surface area (Å²) < 4.78 is 10.8. The molecule has 3 heteroatoms. The van der Waals surface area contributed by atoms with E-state index >= 15 is 0 Å². The van der Waals surface area contributed by atoms with Gasteiger partial charge in [0.1, 0.15) is 17.2 Å². The largest absolute Gasteiger partial charge is 0.508 e. The summed E-state index contributed by atoms with van der Waals surface area (Å²) in [5.74, 6) is 3.56. The van der Waals surface area contributed by atoms with Gasteiger partial charge in [0.15, 0.2) is 0 Å². The third kappa shape index (κ3) is 2.75. The van der Waals surface area contributed by atoms with Gasteiger partial charge in [-0.1, -0.05) is 42.3 Å². The lowest BCUT2D eigenvalue weighted by molar-refractivity contribution is 0.376. The molecular weight excluding hydrogens is 300 g/mol. The molecule has 0 bridgehead atoms. The Balaban J connectivity index is 2.19. The molecule has 3 nitrogen and oxygen atoms in total. The minimum atomic E-state index is -0.347. The summed E-state index contributed by atoms with van der Waals surface area (Å²) in [5.41, 5.74) is 1.70. The number of rotatable bonds is 4. The average Bonchev–Trinajstić information content (AvgIpc) is 2.62. The standard InChI is InChI=1S/C21H18O3/c1-4-18(16-10-9-14-7-5-6-8-15(14)11-16)21-19(23-2)12-17(22)13-20(21)24-3/h1,5-13,18,22H,2-3H3. The second kappa shape index (κ2) is 6.55. The van der Waals surface area contributed by atoms with E-state index in [0.29, 0.717) is 11.5 Å². The van der Waals surface area contributed by atoms with E-state index in [2.05, 4.69) is 24.1 Å². The summed E-state index contributed by atoms with van der Waals surface area (Å²) in [7, 11) is 3.09. The lowest BCUT2D eigenvalue weighted by atomic mass is 9.89. The van der Waals surface area contributed by atoms with Gasteiger partial charge in [-0.25, -0.2) is 0 Å². The van der Waals surface area contributed by atoms with E-state index in [1.165, 1.54) is 0 Å². The van der Waals surface area contributed by atoms with E-state index < -0.39 is 0 Å². The van der Waals surface area contributed by atoms with Crippen molar-refractivity contribution in [2.24, 2.45) is 0 Å². The number of hydrogen-bond acceptors (Lipinski definition) is 3. The highest BCUT2D eigenvalue weighted by atomic mass is 16.5. The van der Waals surface area contributed by atoms with Crippen LogP contribution in [-0.4, -0.2) is 19.3 Å². The Labute approximate surface area is 141 Å². The summed E-state index contributed by atoms with van der Waals surface area (Å²) in [6.45, 7) is 0. The first-order chi connectivity index (χ1) is 11.7. The molecule has 3 rings (SSSR count). The number of terminal acetylenes is 1. The fourth-order valence-corrected chi connectivity index (χ4v) is 2.94. The van der Waals surface area contributed by atoms with Crippen LogP contribution >= 0.6 is 0 Å². The van der Waals surface area contributed by atoms with Crippen molar-refractivity contribution in [3.63, 3.8) is 0 Å². The summed E-state index contributed by atoms with van der Waals surface area (Å²) in [5, 5.41) is 12.1. The van der Waals surface area contributed by atoms with Crippen LogP contribution in [0.2, 0.25) is 0 Å². The zero-order valence-corrected chi connectivity index (χ0v) is 13.6. The first-order valence-corrected chi connectivity index (χ1v) is 7.57. The molecule has 0 heterocycles. The maximum absolute atomic E-state index is 9.84. The van der Waals surface area contributed by atoms with Crippen LogP contribution in [0.4, 0.5) is 0 Å². The SMILES string of the molecule is C#CC(c1ccc2ccccc2c1)c1c(OC)cc(O)cc1OC. The molecule has 1 atom stereocenters. The molecule has 3 aromatic carbocycles. The lowest BCUT2D eigenvalue weighted by Gasteiger charge is -2.19. The zero-order valence-electron chi connectivity index (χ0n) is 13.6. The van der Waals surface area contributed by atoms with Gasteiger partial charge in [-0.15, -0.1) is 6.42 Å². The Hall–Kier alpha value is -3.12. The van der Waals surface area contributed by atoms with Gasteiger partial charge in [-0.05, 0) is 22.4 Å². The average molecular weight is 318 g/mol. The maximum Gasteiger partial charge on any atom is 0.131 e. The fourth-order valence-electron chi connectivity index (χ4n) is 2.94. The van der Waals surface area contributed by atoms with E-state index in [4.69, 9.17) is 15.9 Å². The smallest absolute Gasteiger partial charge is 0.131 e. The van der Waals surface area contributed by atoms with Crippen molar-refractivity contribution in [1.29, 1.82) is 0 Å². The van der Waals surface area contributed by atoms with Gasteiger partial charge < -0.3 is 14.6 Å². The Kier molecular flexibility index (Phi) is 4.31. The highest BCUT2D eigenvalue weighted by molar-refractivity contribution is 5.83. The van der Waals surface area contributed by atoms with Crippen LogP contribution in [0.3, 0.4) is 0 Å². The number of fused-ring (bicyclic) bond motifs is 1. The first-order valence-electron chi connectivity index (χ1n) is 7.57. The van der Waals surface area contributed by atoms with E-state index in [-0.39, 0.29) is 11.7 Å². The van der Waals surface area contributed by atoms with E-state index in [1.54, 1.807) is 26.4 Å². The predicted octanol–water partition coefficient (Wildman–Crippen LogP) is 4.33. The van der Waals surface area contributed by atoms with Gasteiger partial charge >= 0.3 is 0 Å². The van der Waals surface area contributed by atoms with Gasteiger partial charge in [0.05, 0.1) is 25.7 Å². The van der Waals surface area contributed by atoms with Crippen molar-refractivity contribution in [1.82, 2.24) is 0 Å². The third-order valence-corrected chi connectivity index (χ3v) is 4.09. The molecule has 0 fully saturated rings. The quantitative estimate of drug-likeness (QED) is 0.728. The van der Waals surface area contributed by atoms with Gasteiger partial charge in [0, 0.05) is 12.1 Å². The Morgan fingerprint density at radius 2 is 1.54 bits per heavy atom. The normalized spacial score (nSPS) is 11.7. The summed E-state index contributed by atoms with van der Waals surface area (Å²) in [4.78, 5) is 0. The zero-order chi connectivity index (χ0) is 17.1. The first kappa shape index (κ1) is 15.8. The number of aromatic hydroxyl groups is 1. The Morgan fingerprint density at radius 3 is 2.12 bits per heavy atom. The van der Waals surface area contributed by atoms with Crippen LogP contribution in [0.25, 0.3) is 10.8 Å². The van der Waals surface area contributed by atoms with E-state index in [9.17, 15) is 5.11 Å². The van der Waals surface area contributed by atoms with Crippen LogP contribution in [0, 0.1) is 12.3 Å². The summed E-state index contributed by atoms with van der Waals surface area (Å²) in [6.07, 6.45) is 5.84.